The lowest BCUT2D eigenvalue weighted by Gasteiger charge is -2.42. The van der Waals surface area contributed by atoms with Gasteiger partial charge in [0.2, 0.25) is 5.91 Å². The van der Waals surface area contributed by atoms with Crippen molar-refractivity contribution in [1.29, 1.82) is 0 Å². The van der Waals surface area contributed by atoms with Crippen LogP contribution in [-0.4, -0.2) is 19.1 Å². The molecule has 3 atom stereocenters. The Morgan fingerprint density at radius 2 is 2.06 bits per heavy atom. The Morgan fingerprint density at radius 3 is 2.61 bits per heavy atom. The summed E-state index contributed by atoms with van der Waals surface area (Å²) >= 11 is 0. The third-order valence-electron chi connectivity index (χ3n) is 3.93. The summed E-state index contributed by atoms with van der Waals surface area (Å²) in [5.74, 6) is 1.04. The van der Waals surface area contributed by atoms with Crippen molar-refractivity contribution in [2.45, 2.75) is 32.9 Å². The summed E-state index contributed by atoms with van der Waals surface area (Å²) in [6, 6.07) is 5.75. The normalized spacial score (nSPS) is 26.7. The number of methoxy groups -OCH3 is 1. The Labute approximate surface area is 108 Å². The van der Waals surface area contributed by atoms with Gasteiger partial charge in [-0.3, -0.25) is 4.79 Å². The molecule has 0 saturated carbocycles. The first-order valence-corrected chi connectivity index (χ1v) is 6.20. The Balaban J connectivity index is 2.57. The molecule has 0 bridgehead atoms. The lowest BCUT2D eigenvalue weighted by atomic mass is 9.83. The minimum absolute atomic E-state index is 0.0488. The van der Waals surface area contributed by atoms with E-state index in [1.165, 1.54) is 0 Å². The van der Waals surface area contributed by atoms with Crippen molar-refractivity contribution in [1.82, 2.24) is 0 Å². The maximum Gasteiger partial charge on any atom is 0.224 e. The first-order chi connectivity index (χ1) is 8.47. The largest absolute Gasteiger partial charge is 0.497 e. The SMILES string of the molecule is COc1ccc2c(c1)[C@H](N)C(C)[C@H](C)N2C(C)=O. The van der Waals surface area contributed by atoms with E-state index in [1.807, 2.05) is 30.0 Å². The Bertz CT molecular complexity index is 473. The lowest BCUT2D eigenvalue weighted by Crippen LogP contribution is -2.48. The fraction of sp³-hybridized carbons (Fsp3) is 0.500. The van der Waals surface area contributed by atoms with Crippen molar-refractivity contribution in [3.8, 4) is 5.75 Å². The molecule has 0 aromatic heterocycles. The Morgan fingerprint density at radius 1 is 1.39 bits per heavy atom. The number of rotatable bonds is 1. The van der Waals surface area contributed by atoms with Crippen LogP contribution in [0.25, 0.3) is 0 Å². The van der Waals surface area contributed by atoms with Gasteiger partial charge in [-0.25, -0.2) is 0 Å². The monoisotopic (exact) mass is 248 g/mol. The van der Waals surface area contributed by atoms with Gasteiger partial charge in [0.05, 0.1) is 7.11 Å². The number of hydrogen-bond donors (Lipinski definition) is 1. The average molecular weight is 248 g/mol. The molecule has 1 heterocycles. The highest BCUT2D eigenvalue weighted by Crippen LogP contribution is 2.40. The molecule has 1 aromatic carbocycles. The number of benzene rings is 1. The molecular formula is C14H20N2O2. The number of fused-ring (bicyclic) bond motifs is 1. The van der Waals surface area contributed by atoms with Gasteiger partial charge < -0.3 is 15.4 Å². The molecule has 1 aliphatic heterocycles. The van der Waals surface area contributed by atoms with Gasteiger partial charge in [0.1, 0.15) is 5.75 Å². The van der Waals surface area contributed by atoms with Crippen LogP contribution in [0.4, 0.5) is 5.69 Å². The number of ether oxygens (including phenoxy) is 1. The number of hydrogen-bond acceptors (Lipinski definition) is 3. The molecule has 0 saturated heterocycles. The molecule has 0 radical (unpaired) electrons. The highest BCUT2D eigenvalue weighted by atomic mass is 16.5. The number of carbonyl (C=O) groups excluding carboxylic acids is 1. The van der Waals surface area contributed by atoms with Crippen LogP contribution in [0.5, 0.6) is 5.75 Å². The third-order valence-corrected chi connectivity index (χ3v) is 3.93. The van der Waals surface area contributed by atoms with Gasteiger partial charge in [-0.05, 0) is 36.6 Å². The van der Waals surface area contributed by atoms with E-state index < -0.39 is 0 Å². The molecule has 2 rings (SSSR count). The van der Waals surface area contributed by atoms with Crippen LogP contribution in [0.1, 0.15) is 32.4 Å². The second-order valence-corrected chi connectivity index (χ2v) is 4.94. The quantitative estimate of drug-likeness (QED) is 0.828. The lowest BCUT2D eigenvalue weighted by molar-refractivity contribution is -0.117. The Hall–Kier alpha value is -1.55. The highest BCUT2D eigenvalue weighted by molar-refractivity contribution is 5.93. The summed E-state index contributed by atoms with van der Waals surface area (Å²) in [5, 5.41) is 0. The summed E-state index contributed by atoms with van der Waals surface area (Å²) in [7, 11) is 1.63. The number of amides is 1. The predicted octanol–water partition coefficient (Wildman–Crippen LogP) is 2.09. The zero-order valence-corrected chi connectivity index (χ0v) is 11.3. The molecule has 2 N–H and O–H groups in total. The molecule has 18 heavy (non-hydrogen) atoms. The molecule has 4 nitrogen and oxygen atoms in total. The van der Waals surface area contributed by atoms with Gasteiger partial charge in [0, 0.05) is 24.7 Å². The van der Waals surface area contributed by atoms with E-state index >= 15 is 0 Å². The standard InChI is InChI=1S/C14H20N2O2/c1-8-9(2)16(10(3)17)13-6-5-11(18-4)7-12(13)14(8)15/h5-9,14H,15H2,1-4H3/t8?,9-,14+/m0/s1. The zero-order chi connectivity index (χ0) is 13.4. The van der Waals surface area contributed by atoms with Gasteiger partial charge in [0.25, 0.3) is 0 Å². The minimum Gasteiger partial charge on any atom is -0.497 e. The minimum atomic E-state index is -0.0688. The van der Waals surface area contributed by atoms with Crippen molar-refractivity contribution in [2.75, 3.05) is 12.0 Å². The van der Waals surface area contributed by atoms with Crippen LogP contribution in [0, 0.1) is 5.92 Å². The molecule has 0 fully saturated rings. The summed E-state index contributed by atoms with van der Waals surface area (Å²) < 4.78 is 5.23. The predicted molar refractivity (Wildman–Crippen MR) is 71.7 cm³/mol. The number of anilines is 1. The molecular weight excluding hydrogens is 228 g/mol. The van der Waals surface area contributed by atoms with Crippen LogP contribution in [-0.2, 0) is 4.79 Å². The second kappa shape index (κ2) is 4.61. The van der Waals surface area contributed by atoms with Crippen molar-refractivity contribution in [2.24, 2.45) is 11.7 Å². The van der Waals surface area contributed by atoms with Crippen LogP contribution in [0.15, 0.2) is 18.2 Å². The van der Waals surface area contributed by atoms with Crippen LogP contribution >= 0.6 is 0 Å². The average Bonchev–Trinajstić information content (AvgIpc) is 2.35. The zero-order valence-electron chi connectivity index (χ0n) is 11.3. The number of nitrogens with zero attached hydrogens (tertiary/aromatic N) is 1. The molecule has 0 aliphatic carbocycles. The van der Waals surface area contributed by atoms with Gasteiger partial charge in [-0.2, -0.15) is 0 Å². The summed E-state index contributed by atoms with van der Waals surface area (Å²) in [6.07, 6.45) is 0. The smallest absolute Gasteiger partial charge is 0.224 e. The van der Waals surface area contributed by atoms with Crippen LogP contribution < -0.4 is 15.4 Å². The number of carbonyl (C=O) groups is 1. The maximum absolute atomic E-state index is 11.8. The van der Waals surface area contributed by atoms with E-state index in [-0.39, 0.29) is 23.9 Å². The van der Waals surface area contributed by atoms with Gasteiger partial charge in [-0.1, -0.05) is 6.92 Å². The van der Waals surface area contributed by atoms with Crippen LogP contribution in [0.3, 0.4) is 0 Å². The Kier molecular flexibility index (Phi) is 3.30. The van der Waals surface area contributed by atoms with E-state index in [2.05, 4.69) is 6.92 Å². The molecule has 98 valence electrons. The van der Waals surface area contributed by atoms with Crippen molar-refractivity contribution in [3.05, 3.63) is 23.8 Å². The first-order valence-electron chi connectivity index (χ1n) is 6.20. The van der Waals surface area contributed by atoms with Gasteiger partial charge in [-0.15, -0.1) is 0 Å². The van der Waals surface area contributed by atoms with E-state index in [1.54, 1.807) is 14.0 Å². The summed E-state index contributed by atoms with van der Waals surface area (Å²) in [5.41, 5.74) is 8.16. The van der Waals surface area contributed by atoms with E-state index in [4.69, 9.17) is 10.5 Å². The maximum atomic E-state index is 11.8. The molecule has 1 aromatic rings. The van der Waals surface area contributed by atoms with Gasteiger partial charge >= 0.3 is 0 Å². The third kappa shape index (κ3) is 1.86. The first kappa shape index (κ1) is 12.9. The molecule has 1 amide bonds. The van der Waals surface area contributed by atoms with Gasteiger partial charge in [0.15, 0.2) is 0 Å². The van der Waals surface area contributed by atoms with E-state index in [9.17, 15) is 4.79 Å². The highest BCUT2D eigenvalue weighted by Gasteiger charge is 2.36. The molecule has 0 spiro atoms. The molecule has 4 heteroatoms. The summed E-state index contributed by atoms with van der Waals surface area (Å²) in [4.78, 5) is 13.7. The topological polar surface area (TPSA) is 55.6 Å². The molecule has 1 aliphatic rings. The van der Waals surface area contributed by atoms with E-state index in [0.29, 0.717) is 0 Å². The number of nitrogens with two attached hydrogens (primary N) is 1. The van der Waals surface area contributed by atoms with Crippen molar-refractivity contribution < 1.29 is 9.53 Å². The second-order valence-electron chi connectivity index (χ2n) is 4.94. The van der Waals surface area contributed by atoms with E-state index in [0.717, 1.165) is 17.0 Å². The fourth-order valence-corrected chi connectivity index (χ4v) is 2.64. The van der Waals surface area contributed by atoms with Crippen LogP contribution in [0.2, 0.25) is 0 Å². The summed E-state index contributed by atoms with van der Waals surface area (Å²) in [6.45, 7) is 5.71. The van der Waals surface area contributed by atoms with Crippen molar-refractivity contribution >= 4 is 11.6 Å². The molecule has 1 unspecified atom stereocenters. The van der Waals surface area contributed by atoms with Crippen molar-refractivity contribution in [3.63, 3.8) is 0 Å². The fourth-order valence-electron chi connectivity index (χ4n) is 2.64.